The second-order valence-electron chi connectivity index (χ2n) is 4.63. The Kier molecular flexibility index (Phi) is 5.56. The molecule has 7 nitrogen and oxygen atoms in total. The predicted octanol–water partition coefficient (Wildman–Crippen LogP) is 0.785. The molecule has 1 heterocycles. The molecule has 2 rings (SSSR count). The van der Waals surface area contributed by atoms with Crippen molar-refractivity contribution >= 4 is 6.01 Å². The van der Waals surface area contributed by atoms with Gasteiger partial charge in [-0.25, -0.2) is 0 Å². The lowest BCUT2D eigenvalue weighted by atomic mass is 10.2. The molecular formula is C12H22N4O3. The van der Waals surface area contributed by atoms with Crippen molar-refractivity contribution in [2.75, 3.05) is 32.7 Å². The highest BCUT2D eigenvalue weighted by molar-refractivity contribution is 5.21. The van der Waals surface area contributed by atoms with Crippen LogP contribution in [0, 0.1) is 0 Å². The number of aromatic nitrogens is 2. The highest BCUT2D eigenvalue weighted by Gasteiger charge is 2.28. The van der Waals surface area contributed by atoms with E-state index in [9.17, 15) is 0 Å². The van der Waals surface area contributed by atoms with Crippen LogP contribution < -0.4 is 10.6 Å². The summed E-state index contributed by atoms with van der Waals surface area (Å²) in [4.78, 5) is 0. The van der Waals surface area contributed by atoms with E-state index in [1.165, 1.54) is 0 Å². The molecule has 1 aliphatic rings. The third-order valence-electron chi connectivity index (χ3n) is 3.29. The minimum Gasteiger partial charge on any atom is -0.407 e. The zero-order chi connectivity index (χ0) is 13.5. The molecule has 0 spiro atoms. The van der Waals surface area contributed by atoms with Crippen LogP contribution in [0.2, 0.25) is 0 Å². The molecule has 0 bridgehead atoms. The van der Waals surface area contributed by atoms with Crippen LogP contribution in [-0.2, 0) is 16.0 Å². The van der Waals surface area contributed by atoms with Crippen LogP contribution in [0.3, 0.4) is 0 Å². The lowest BCUT2D eigenvalue weighted by Gasteiger charge is -2.17. The number of ether oxygens (including phenoxy) is 2. The monoisotopic (exact) mass is 270 g/mol. The van der Waals surface area contributed by atoms with E-state index < -0.39 is 0 Å². The molecule has 0 amide bonds. The summed E-state index contributed by atoms with van der Waals surface area (Å²) in [6, 6.07) is 0.734. The molecule has 2 unspecified atom stereocenters. The molecule has 0 radical (unpaired) electrons. The summed E-state index contributed by atoms with van der Waals surface area (Å²) >= 11 is 0. The number of methoxy groups -OCH3 is 2. The van der Waals surface area contributed by atoms with Gasteiger partial charge in [-0.2, -0.15) is 0 Å². The molecular weight excluding hydrogens is 248 g/mol. The van der Waals surface area contributed by atoms with Gasteiger partial charge < -0.3 is 24.5 Å². The Labute approximate surface area is 113 Å². The molecule has 1 aromatic rings. The van der Waals surface area contributed by atoms with Gasteiger partial charge in [0, 0.05) is 20.8 Å². The van der Waals surface area contributed by atoms with Crippen molar-refractivity contribution in [2.24, 2.45) is 0 Å². The number of nitrogens with zero attached hydrogens (tertiary/aromatic N) is 2. The minimum absolute atomic E-state index is 0.232. The van der Waals surface area contributed by atoms with Crippen molar-refractivity contribution in [3.8, 4) is 0 Å². The Morgan fingerprint density at radius 2 is 2.21 bits per heavy atom. The van der Waals surface area contributed by atoms with Crippen molar-refractivity contribution < 1.29 is 13.9 Å². The summed E-state index contributed by atoms with van der Waals surface area (Å²) in [6.07, 6.45) is 3.54. The van der Waals surface area contributed by atoms with E-state index >= 15 is 0 Å². The SMILES string of the molecule is COCCNCc1nnc(NC2CCCC2OC)o1. The van der Waals surface area contributed by atoms with Crippen LogP contribution in [0.5, 0.6) is 0 Å². The molecule has 0 saturated heterocycles. The lowest BCUT2D eigenvalue weighted by Crippen LogP contribution is -2.29. The van der Waals surface area contributed by atoms with Crippen LogP contribution in [0.15, 0.2) is 4.42 Å². The summed E-state index contributed by atoms with van der Waals surface area (Å²) in [5.74, 6) is 0.575. The molecule has 0 aromatic carbocycles. The molecule has 1 saturated carbocycles. The van der Waals surface area contributed by atoms with Crippen LogP contribution in [0.1, 0.15) is 25.2 Å². The average Bonchev–Trinajstić information content (AvgIpc) is 3.04. The van der Waals surface area contributed by atoms with Crippen molar-refractivity contribution in [1.82, 2.24) is 15.5 Å². The van der Waals surface area contributed by atoms with Crippen molar-refractivity contribution in [3.05, 3.63) is 5.89 Å². The molecule has 1 fully saturated rings. The maximum Gasteiger partial charge on any atom is 0.315 e. The summed E-state index contributed by atoms with van der Waals surface area (Å²) < 4.78 is 15.9. The first kappa shape index (κ1) is 14.2. The van der Waals surface area contributed by atoms with Gasteiger partial charge in [-0.3, -0.25) is 0 Å². The normalized spacial score (nSPS) is 22.8. The number of rotatable bonds is 8. The van der Waals surface area contributed by atoms with Gasteiger partial charge in [0.15, 0.2) is 0 Å². The van der Waals surface area contributed by atoms with E-state index in [1.54, 1.807) is 14.2 Å². The van der Waals surface area contributed by atoms with Crippen LogP contribution in [-0.4, -0.2) is 49.7 Å². The second kappa shape index (κ2) is 7.42. The van der Waals surface area contributed by atoms with Gasteiger partial charge in [0.25, 0.3) is 0 Å². The maximum atomic E-state index is 5.53. The summed E-state index contributed by atoms with van der Waals surface area (Å²) in [6.45, 7) is 1.98. The largest absolute Gasteiger partial charge is 0.407 e. The Morgan fingerprint density at radius 3 is 3.00 bits per heavy atom. The molecule has 0 aliphatic heterocycles. The van der Waals surface area contributed by atoms with Crippen LogP contribution in [0.25, 0.3) is 0 Å². The Balaban J connectivity index is 1.77. The molecule has 108 valence electrons. The topological polar surface area (TPSA) is 81.4 Å². The van der Waals surface area contributed by atoms with Gasteiger partial charge in [0.2, 0.25) is 5.89 Å². The number of hydrogen-bond acceptors (Lipinski definition) is 7. The van der Waals surface area contributed by atoms with Crippen molar-refractivity contribution in [3.63, 3.8) is 0 Å². The van der Waals surface area contributed by atoms with Gasteiger partial charge in [-0.1, -0.05) is 5.10 Å². The van der Waals surface area contributed by atoms with E-state index in [2.05, 4.69) is 20.8 Å². The molecule has 2 atom stereocenters. The summed E-state index contributed by atoms with van der Waals surface area (Å²) in [5, 5.41) is 14.4. The lowest BCUT2D eigenvalue weighted by molar-refractivity contribution is 0.100. The van der Waals surface area contributed by atoms with E-state index in [4.69, 9.17) is 13.9 Å². The van der Waals surface area contributed by atoms with Crippen molar-refractivity contribution in [2.45, 2.75) is 38.0 Å². The zero-order valence-corrected chi connectivity index (χ0v) is 11.5. The highest BCUT2D eigenvalue weighted by Crippen LogP contribution is 2.24. The Morgan fingerprint density at radius 1 is 1.32 bits per heavy atom. The van der Waals surface area contributed by atoms with Crippen LogP contribution in [0.4, 0.5) is 6.01 Å². The minimum atomic E-state index is 0.232. The summed E-state index contributed by atoms with van der Waals surface area (Å²) in [5.41, 5.74) is 0. The van der Waals surface area contributed by atoms with Crippen LogP contribution >= 0.6 is 0 Å². The van der Waals surface area contributed by atoms with Gasteiger partial charge in [0.1, 0.15) is 0 Å². The Bertz CT molecular complexity index is 372. The molecule has 2 N–H and O–H groups in total. The highest BCUT2D eigenvalue weighted by atomic mass is 16.5. The van der Waals surface area contributed by atoms with Gasteiger partial charge in [0.05, 0.1) is 25.3 Å². The second-order valence-corrected chi connectivity index (χ2v) is 4.63. The number of nitrogens with one attached hydrogen (secondary N) is 2. The molecule has 1 aliphatic carbocycles. The standard InChI is InChI=1S/C12H22N4O3/c1-17-7-6-13-8-11-15-16-12(19-11)14-9-4-3-5-10(9)18-2/h9-10,13H,3-8H2,1-2H3,(H,14,16). The maximum absolute atomic E-state index is 5.53. The predicted molar refractivity (Wildman–Crippen MR) is 69.9 cm³/mol. The zero-order valence-electron chi connectivity index (χ0n) is 11.5. The third-order valence-corrected chi connectivity index (χ3v) is 3.29. The molecule has 19 heavy (non-hydrogen) atoms. The van der Waals surface area contributed by atoms with E-state index in [1.807, 2.05) is 0 Å². The van der Waals surface area contributed by atoms with E-state index in [-0.39, 0.29) is 12.1 Å². The fourth-order valence-corrected chi connectivity index (χ4v) is 2.28. The third kappa shape index (κ3) is 4.15. The average molecular weight is 270 g/mol. The first-order valence-electron chi connectivity index (χ1n) is 6.65. The Hall–Kier alpha value is -1.18. The number of anilines is 1. The van der Waals surface area contributed by atoms with E-state index in [0.29, 0.717) is 25.1 Å². The summed E-state index contributed by atoms with van der Waals surface area (Å²) in [7, 11) is 3.41. The van der Waals surface area contributed by atoms with Gasteiger partial charge in [-0.05, 0) is 19.3 Å². The quantitative estimate of drug-likeness (QED) is 0.676. The molecule has 7 heteroatoms. The fraction of sp³-hybridized carbons (Fsp3) is 0.833. The fourth-order valence-electron chi connectivity index (χ4n) is 2.28. The smallest absolute Gasteiger partial charge is 0.315 e. The first-order chi connectivity index (χ1) is 9.33. The van der Waals surface area contributed by atoms with Gasteiger partial charge in [-0.15, -0.1) is 5.10 Å². The number of hydrogen-bond donors (Lipinski definition) is 2. The van der Waals surface area contributed by atoms with E-state index in [0.717, 1.165) is 25.8 Å². The van der Waals surface area contributed by atoms with Crippen molar-refractivity contribution in [1.29, 1.82) is 0 Å². The molecule has 1 aromatic heterocycles. The first-order valence-corrected chi connectivity index (χ1v) is 6.65. The van der Waals surface area contributed by atoms with Gasteiger partial charge >= 0.3 is 6.01 Å².